The lowest BCUT2D eigenvalue weighted by molar-refractivity contribution is 0.0772. The van der Waals surface area contributed by atoms with E-state index in [2.05, 4.69) is 28.2 Å². The van der Waals surface area contributed by atoms with Crippen LogP contribution in [0.1, 0.15) is 38.3 Å². The van der Waals surface area contributed by atoms with Crippen LogP contribution in [0, 0.1) is 11.7 Å². The van der Waals surface area contributed by atoms with Gasteiger partial charge < -0.3 is 10.1 Å². The minimum atomic E-state index is -0.228. The maximum atomic E-state index is 14.3. The van der Waals surface area contributed by atoms with Crippen LogP contribution in [-0.4, -0.2) is 19.3 Å². The van der Waals surface area contributed by atoms with Crippen molar-refractivity contribution in [2.75, 3.05) is 13.2 Å². The van der Waals surface area contributed by atoms with Crippen LogP contribution in [0.4, 0.5) is 4.39 Å². The topological polar surface area (TPSA) is 21.3 Å². The molecule has 2 nitrogen and oxygen atoms in total. The molecule has 0 saturated carbocycles. The van der Waals surface area contributed by atoms with Gasteiger partial charge in [-0.1, -0.05) is 25.4 Å². The van der Waals surface area contributed by atoms with Gasteiger partial charge in [0.15, 0.2) is 0 Å². The van der Waals surface area contributed by atoms with Gasteiger partial charge in [0.1, 0.15) is 5.82 Å². The van der Waals surface area contributed by atoms with E-state index in [1.807, 2.05) is 6.92 Å². The fraction of sp³-hybridized carbons (Fsp3) is 0.600. The van der Waals surface area contributed by atoms with Crippen LogP contribution in [0.15, 0.2) is 16.6 Å². The molecule has 1 N–H and O–H groups in total. The smallest absolute Gasteiger partial charge is 0.129 e. The Morgan fingerprint density at radius 2 is 2.25 bits per heavy atom. The second-order valence-electron chi connectivity index (χ2n) is 5.09. The average Bonchev–Trinajstić information content (AvgIpc) is 2.88. The van der Waals surface area contributed by atoms with Gasteiger partial charge in [-0.05, 0) is 47.4 Å². The van der Waals surface area contributed by atoms with Crippen molar-refractivity contribution in [2.45, 2.75) is 38.8 Å². The molecular formula is C15H20BrClFNO. The number of ether oxygens (including phenoxy) is 1. The van der Waals surface area contributed by atoms with Gasteiger partial charge in [0.05, 0.1) is 11.1 Å². The molecule has 0 radical (unpaired) electrons. The summed E-state index contributed by atoms with van der Waals surface area (Å²) in [6, 6.07) is 3.11. The molecule has 1 aromatic carbocycles. The molecule has 1 aliphatic heterocycles. The van der Waals surface area contributed by atoms with E-state index < -0.39 is 0 Å². The molecule has 1 heterocycles. The third-order valence-corrected chi connectivity index (χ3v) is 5.09. The Morgan fingerprint density at radius 1 is 1.50 bits per heavy atom. The van der Waals surface area contributed by atoms with Crippen molar-refractivity contribution >= 4 is 27.5 Å². The fourth-order valence-electron chi connectivity index (χ4n) is 2.96. The number of hydrogen-bond acceptors (Lipinski definition) is 2. The van der Waals surface area contributed by atoms with Gasteiger partial charge in [0, 0.05) is 28.6 Å². The predicted octanol–water partition coefficient (Wildman–Crippen LogP) is 4.71. The van der Waals surface area contributed by atoms with E-state index in [0.29, 0.717) is 15.1 Å². The molecule has 1 saturated heterocycles. The first-order chi connectivity index (χ1) is 9.58. The summed E-state index contributed by atoms with van der Waals surface area (Å²) in [7, 11) is 0. The summed E-state index contributed by atoms with van der Waals surface area (Å²) in [6.07, 6.45) is 2.07. The number of benzene rings is 1. The van der Waals surface area contributed by atoms with Crippen LogP contribution in [0.2, 0.25) is 5.02 Å². The van der Waals surface area contributed by atoms with Gasteiger partial charge in [-0.3, -0.25) is 0 Å². The Bertz CT molecular complexity index is 471. The second kappa shape index (κ2) is 7.21. The van der Waals surface area contributed by atoms with Crippen LogP contribution >= 0.6 is 27.5 Å². The van der Waals surface area contributed by atoms with Crippen molar-refractivity contribution in [3.05, 3.63) is 33.0 Å². The zero-order valence-electron chi connectivity index (χ0n) is 11.8. The number of rotatable bonds is 5. The van der Waals surface area contributed by atoms with Gasteiger partial charge in [0.25, 0.3) is 0 Å². The Morgan fingerprint density at radius 3 is 2.90 bits per heavy atom. The molecule has 2 rings (SSSR count). The normalized spacial score (nSPS) is 24.1. The lowest BCUT2D eigenvalue weighted by Gasteiger charge is -2.28. The Kier molecular flexibility index (Phi) is 5.84. The van der Waals surface area contributed by atoms with Gasteiger partial charge in [0.2, 0.25) is 0 Å². The van der Waals surface area contributed by atoms with E-state index in [9.17, 15) is 4.39 Å². The molecule has 0 bridgehead atoms. The van der Waals surface area contributed by atoms with Gasteiger partial charge >= 0.3 is 0 Å². The third kappa shape index (κ3) is 3.35. The number of nitrogens with one attached hydrogen (secondary N) is 1. The summed E-state index contributed by atoms with van der Waals surface area (Å²) in [5.41, 5.74) is 0.633. The minimum absolute atomic E-state index is 0.0574. The van der Waals surface area contributed by atoms with Crippen molar-refractivity contribution in [1.29, 1.82) is 0 Å². The SMILES string of the molecule is CCNC(c1cc(Cl)c(Br)cc1F)C1CCOC1CC. The Balaban J connectivity index is 2.35. The van der Waals surface area contributed by atoms with Crippen molar-refractivity contribution in [3.63, 3.8) is 0 Å². The monoisotopic (exact) mass is 363 g/mol. The van der Waals surface area contributed by atoms with E-state index in [1.165, 1.54) is 6.07 Å². The zero-order valence-corrected chi connectivity index (χ0v) is 14.1. The highest BCUT2D eigenvalue weighted by Gasteiger charge is 2.35. The van der Waals surface area contributed by atoms with E-state index in [1.54, 1.807) is 6.07 Å². The van der Waals surface area contributed by atoms with E-state index >= 15 is 0 Å². The maximum absolute atomic E-state index is 14.3. The first kappa shape index (κ1) is 16.2. The fourth-order valence-corrected chi connectivity index (χ4v) is 3.44. The molecular weight excluding hydrogens is 345 g/mol. The van der Waals surface area contributed by atoms with Crippen molar-refractivity contribution < 1.29 is 9.13 Å². The largest absolute Gasteiger partial charge is 0.378 e. The average molecular weight is 365 g/mol. The van der Waals surface area contributed by atoms with Crippen LogP contribution in [0.5, 0.6) is 0 Å². The van der Waals surface area contributed by atoms with Crippen LogP contribution < -0.4 is 5.32 Å². The maximum Gasteiger partial charge on any atom is 0.129 e. The Hall–Kier alpha value is -0.160. The molecule has 0 aliphatic carbocycles. The highest BCUT2D eigenvalue weighted by atomic mass is 79.9. The van der Waals surface area contributed by atoms with E-state index in [4.69, 9.17) is 16.3 Å². The number of halogens is 3. The summed E-state index contributed by atoms with van der Waals surface area (Å²) in [6.45, 7) is 5.67. The lowest BCUT2D eigenvalue weighted by atomic mass is 9.86. The summed E-state index contributed by atoms with van der Waals surface area (Å²) in [5.74, 6) is 0.0562. The molecule has 0 amide bonds. The molecule has 112 valence electrons. The van der Waals surface area contributed by atoms with Gasteiger partial charge in [-0.25, -0.2) is 4.39 Å². The summed E-state index contributed by atoms with van der Waals surface area (Å²) in [5, 5.41) is 3.94. The summed E-state index contributed by atoms with van der Waals surface area (Å²) in [4.78, 5) is 0. The lowest BCUT2D eigenvalue weighted by Crippen LogP contribution is -2.33. The van der Waals surface area contributed by atoms with E-state index in [-0.39, 0.29) is 23.9 Å². The van der Waals surface area contributed by atoms with E-state index in [0.717, 1.165) is 26.0 Å². The van der Waals surface area contributed by atoms with Gasteiger partial charge in [-0.15, -0.1) is 0 Å². The molecule has 20 heavy (non-hydrogen) atoms. The van der Waals surface area contributed by atoms with Gasteiger partial charge in [-0.2, -0.15) is 0 Å². The third-order valence-electron chi connectivity index (χ3n) is 3.89. The highest BCUT2D eigenvalue weighted by Crippen LogP contribution is 2.38. The van der Waals surface area contributed by atoms with Crippen LogP contribution in [0.3, 0.4) is 0 Å². The van der Waals surface area contributed by atoms with Crippen molar-refractivity contribution in [2.24, 2.45) is 5.92 Å². The zero-order chi connectivity index (χ0) is 14.7. The first-order valence-corrected chi connectivity index (χ1v) is 8.25. The molecule has 0 spiro atoms. The summed E-state index contributed by atoms with van der Waals surface area (Å²) >= 11 is 9.39. The first-order valence-electron chi connectivity index (χ1n) is 7.07. The molecule has 0 aromatic heterocycles. The van der Waals surface area contributed by atoms with Crippen molar-refractivity contribution in [1.82, 2.24) is 5.32 Å². The molecule has 3 unspecified atom stereocenters. The van der Waals surface area contributed by atoms with Crippen LogP contribution in [0.25, 0.3) is 0 Å². The van der Waals surface area contributed by atoms with Crippen LogP contribution in [-0.2, 0) is 4.74 Å². The summed E-state index contributed by atoms with van der Waals surface area (Å²) < 4.78 is 20.7. The highest BCUT2D eigenvalue weighted by molar-refractivity contribution is 9.10. The molecule has 1 aliphatic rings. The second-order valence-corrected chi connectivity index (χ2v) is 6.35. The quantitative estimate of drug-likeness (QED) is 0.764. The molecule has 1 aromatic rings. The molecule has 1 fully saturated rings. The minimum Gasteiger partial charge on any atom is -0.378 e. The molecule has 5 heteroatoms. The predicted molar refractivity (Wildman–Crippen MR) is 83.7 cm³/mol. The standard InChI is InChI=1S/C15H20BrClFNO/c1-3-14-9(5-6-20-14)15(19-4-2)10-7-12(17)11(16)8-13(10)18/h7-9,14-15,19H,3-6H2,1-2H3. The Labute approximate surface area is 133 Å². The van der Waals surface area contributed by atoms with Crippen molar-refractivity contribution in [3.8, 4) is 0 Å². The number of hydrogen-bond donors (Lipinski definition) is 1. The molecule has 3 atom stereocenters.